The Balaban J connectivity index is 2.17. The van der Waals surface area contributed by atoms with Gasteiger partial charge in [-0.05, 0) is 24.3 Å². The summed E-state index contributed by atoms with van der Waals surface area (Å²) in [6.07, 6.45) is 1.22. The standard InChI is InChI=1S/C13H7N3O3S/c14-7-9-5-6-12(15-8-9)16-13(17)10-3-1-2-4-11(10)20(16,18)19/h1-6,8H. The summed E-state index contributed by atoms with van der Waals surface area (Å²) in [5.74, 6) is -0.664. The van der Waals surface area contributed by atoms with E-state index in [2.05, 4.69) is 4.98 Å². The average Bonchev–Trinajstić information content (AvgIpc) is 2.67. The Labute approximate surface area is 115 Å². The summed E-state index contributed by atoms with van der Waals surface area (Å²) in [7, 11) is -3.93. The van der Waals surface area contributed by atoms with E-state index in [0.717, 1.165) is 0 Å². The van der Waals surface area contributed by atoms with Crippen LogP contribution in [-0.2, 0) is 10.0 Å². The number of nitriles is 1. The van der Waals surface area contributed by atoms with Gasteiger partial charge in [-0.3, -0.25) is 4.79 Å². The highest BCUT2D eigenvalue weighted by molar-refractivity contribution is 7.94. The minimum Gasteiger partial charge on any atom is -0.267 e. The van der Waals surface area contributed by atoms with E-state index in [-0.39, 0.29) is 21.8 Å². The minimum atomic E-state index is -3.93. The van der Waals surface area contributed by atoms with Crippen molar-refractivity contribution in [2.75, 3.05) is 4.31 Å². The predicted molar refractivity (Wildman–Crippen MR) is 69.4 cm³/mol. The lowest BCUT2D eigenvalue weighted by Gasteiger charge is -2.13. The number of carbonyl (C=O) groups excluding carboxylic acids is 1. The summed E-state index contributed by atoms with van der Waals surface area (Å²) in [4.78, 5) is 16.0. The first kappa shape index (κ1) is 12.3. The molecule has 98 valence electrons. The van der Waals surface area contributed by atoms with Gasteiger partial charge >= 0.3 is 0 Å². The molecule has 7 heteroatoms. The Hall–Kier alpha value is -2.72. The minimum absolute atomic E-state index is 0.0230. The first-order chi connectivity index (χ1) is 9.55. The fourth-order valence-corrected chi connectivity index (χ4v) is 3.54. The number of sulfonamides is 1. The van der Waals surface area contributed by atoms with Gasteiger partial charge in [0.1, 0.15) is 11.0 Å². The van der Waals surface area contributed by atoms with E-state index in [9.17, 15) is 13.2 Å². The lowest BCUT2D eigenvalue weighted by molar-refractivity contribution is 0.101. The Morgan fingerprint density at radius 1 is 1.15 bits per heavy atom. The molecule has 1 aliphatic heterocycles. The van der Waals surface area contributed by atoms with Crippen LogP contribution in [-0.4, -0.2) is 19.3 Å². The molecule has 0 radical (unpaired) electrons. The highest BCUT2D eigenvalue weighted by atomic mass is 32.2. The van der Waals surface area contributed by atoms with Crippen LogP contribution in [0.25, 0.3) is 0 Å². The molecule has 0 N–H and O–H groups in total. The molecule has 0 fully saturated rings. The van der Waals surface area contributed by atoms with Crippen molar-refractivity contribution in [1.29, 1.82) is 5.26 Å². The van der Waals surface area contributed by atoms with E-state index in [1.807, 2.05) is 6.07 Å². The molecular weight excluding hydrogens is 278 g/mol. The number of hydrogen-bond donors (Lipinski definition) is 0. The van der Waals surface area contributed by atoms with E-state index < -0.39 is 15.9 Å². The van der Waals surface area contributed by atoms with Gasteiger partial charge in [0.25, 0.3) is 15.9 Å². The number of nitrogens with zero attached hydrogens (tertiary/aromatic N) is 3. The van der Waals surface area contributed by atoms with Gasteiger partial charge in [0.2, 0.25) is 0 Å². The maximum atomic E-state index is 12.3. The van der Waals surface area contributed by atoms with Crippen LogP contribution in [0.4, 0.5) is 5.82 Å². The normalized spacial score (nSPS) is 15.8. The maximum absolute atomic E-state index is 12.3. The first-order valence-corrected chi connectivity index (χ1v) is 7.04. The average molecular weight is 285 g/mol. The predicted octanol–water partition coefficient (Wildman–Crippen LogP) is 1.30. The summed E-state index contributed by atoms with van der Waals surface area (Å²) in [5, 5.41) is 8.70. The van der Waals surface area contributed by atoms with E-state index in [0.29, 0.717) is 4.31 Å². The van der Waals surface area contributed by atoms with Gasteiger partial charge in [-0.25, -0.2) is 13.4 Å². The number of benzene rings is 1. The Morgan fingerprint density at radius 2 is 1.90 bits per heavy atom. The molecule has 1 aromatic carbocycles. The summed E-state index contributed by atoms with van der Waals surface area (Å²) in [6, 6.07) is 10.6. The van der Waals surface area contributed by atoms with Crippen LogP contribution in [0.5, 0.6) is 0 Å². The summed E-state index contributed by atoms with van der Waals surface area (Å²) in [6.45, 7) is 0. The van der Waals surface area contributed by atoms with Crippen LogP contribution in [0.15, 0.2) is 47.5 Å². The lowest BCUT2D eigenvalue weighted by Crippen LogP contribution is -2.30. The Morgan fingerprint density at radius 3 is 2.50 bits per heavy atom. The molecule has 6 nitrogen and oxygen atoms in total. The van der Waals surface area contributed by atoms with E-state index in [1.165, 1.54) is 30.5 Å². The SMILES string of the molecule is N#Cc1ccc(N2C(=O)c3ccccc3S2(=O)=O)nc1. The van der Waals surface area contributed by atoms with Gasteiger partial charge in [0.15, 0.2) is 5.82 Å². The number of aromatic nitrogens is 1. The lowest BCUT2D eigenvalue weighted by atomic mass is 10.2. The number of fused-ring (bicyclic) bond motifs is 1. The van der Waals surface area contributed by atoms with E-state index in [4.69, 9.17) is 5.26 Å². The summed E-state index contributed by atoms with van der Waals surface area (Å²) in [5.41, 5.74) is 0.411. The first-order valence-electron chi connectivity index (χ1n) is 5.60. The number of amides is 1. The van der Waals surface area contributed by atoms with Crippen LogP contribution in [0.2, 0.25) is 0 Å². The molecule has 2 heterocycles. The third-order valence-corrected chi connectivity index (χ3v) is 4.65. The second kappa shape index (κ2) is 4.15. The van der Waals surface area contributed by atoms with Crippen molar-refractivity contribution in [3.8, 4) is 6.07 Å². The molecule has 1 aliphatic rings. The summed E-state index contributed by atoms with van der Waals surface area (Å²) < 4.78 is 25.4. The van der Waals surface area contributed by atoms with Crippen molar-refractivity contribution in [3.63, 3.8) is 0 Å². The fourth-order valence-electron chi connectivity index (χ4n) is 1.98. The largest absolute Gasteiger partial charge is 0.274 e. The number of anilines is 1. The fraction of sp³-hybridized carbons (Fsp3) is 0. The van der Waals surface area contributed by atoms with Crippen molar-refractivity contribution < 1.29 is 13.2 Å². The topological polar surface area (TPSA) is 91.1 Å². The van der Waals surface area contributed by atoms with Crippen molar-refractivity contribution in [2.24, 2.45) is 0 Å². The molecule has 0 spiro atoms. The molecule has 0 saturated carbocycles. The molecular formula is C13H7N3O3S. The van der Waals surface area contributed by atoms with Gasteiger partial charge < -0.3 is 0 Å². The number of carbonyl (C=O) groups is 1. The zero-order chi connectivity index (χ0) is 14.3. The molecule has 0 saturated heterocycles. The van der Waals surface area contributed by atoms with Crippen LogP contribution < -0.4 is 4.31 Å². The quantitative estimate of drug-likeness (QED) is 0.787. The second-order valence-corrected chi connectivity index (χ2v) is 5.84. The molecule has 0 unspecified atom stereocenters. The zero-order valence-electron chi connectivity index (χ0n) is 10.0. The van der Waals surface area contributed by atoms with Crippen molar-refractivity contribution >= 4 is 21.7 Å². The second-order valence-electron chi connectivity index (χ2n) is 4.09. The molecule has 0 atom stereocenters. The maximum Gasteiger partial charge on any atom is 0.274 e. The molecule has 0 aliphatic carbocycles. The summed E-state index contributed by atoms with van der Waals surface area (Å²) >= 11 is 0. The third-order valence-electron chi connectivity index (χ3n) is 2.91. The van der Waals surface area contributed by atoms with Crippen LogP contribution in [0.3, 0.4) is 0 Å². The van der Waals surface area contributed by atoms with Gasteiger partial charge in [0, 0.05) is 6.20 Å². The Kier molecular flexibility index (Phi) is 2.55. The highest BCUT2D eigenvalue weighted by Crippen LogP contribution is 2.33. The van der Waals surface area contributed by atoms with Gasteiger partial charge in [-0.1, -0.05) is 12.1 Å². The number of rotatable bonds is 1. The molecule has 0 bridgehead atoms. The zero-order valence-corrected chi connectivity index (χ0v) is 10.8. The van der Waals surface area contributed by atoms with E-state index >= 15 is 0 Å². The van der Waals surface area contributed by atoms with Crippen molar-refractivity contribution in [2.45, 2.75) is 4.90 Å². The smallest absolute Gasteiger partial charge is 0.267 e. The van der Waals surface area contributed by atoms with Gasteiger partial charge in [-0.2, -0.15) is 9.57 Å². The molecule has 1 amide bonds. The van der Waals surface area contributed by atoms with E-state index in [1.54, 1.807) is 12.1 Å². The monoisotopic (exact) mass is 285 g/mol. The van der Waals surface area contributed by atoms with Gasteiger partial charge in [-0.15, -0.1) is 0 Å². The van der Waals surface area contributed by atoms with Crippen LogP contribution in [0.1, 0.15) is 15.9 Å². The molecule has 2 aromatic rings. The third kappa shape index (κ3) is 1.59. The van der Waals surface area contributed by atoms with Crippen molar-refractivity contribution in [1.82, 2.24) is 4.98 Å². The van der Waals surface area contributed by atoms with Crippen LogP contribution >= 0.6 is 0 Å². The van der Waals surface area contributed by atoms with Gasteiger partial charge in [0.05, 0.1) is 11.1 Å². The molecule has 20 heavy (non-hydrogen) atoms. The van der Waals surface area contributed by atoms with Crippen LogP contribution in [0, 0.1) is 11.3 Å². The number of pyridine rings is 1. The molecule has 1 aromatic heterocycles. The van der Waals surface area contributed by atoms with Crippen molar-refractivity contribution in [3.05, 3.63) is 53.7 Å². The molecule has 3 rings (SSSR count). The highest BCUT2D eigenvalue weighted by Gasteiger charge is 2.42. The number of hydrogen-bond acceptors (Lipinski definition) is 5. The Bertz CT molecular complexity index is 851.